The first-order valence-electron chi connectivity index (χ1n) is 6.88. The predicted molar refractivity (Wildman–Crippen MR) is 81.1 cm³/mol. The maximum Gasteiger partial charge on any atom is 0.243 e. The molecule has 21 heavy (non-hydrogen) atoms. The summed E-state index contributed by atoms with van der Waals surface area (Å²) in [6.07, 6.45) is 0. The number of halogens is 2. The van der Waals surface area contributed by atoms with Gasteiger partial charge in [0.1, 0.15) is 5.82 Å². The first-order chi connectivity index (χ1) is 9.98. The van der Waals surface area contributed by atoms with Crippen molar-refractivity contribution in [1.29, 1.82) is 0 Å². The van der Waals surface area contributed by atoms with Gasteiger partial charge >= 0.3 is 0 Å². The Bertz CT molecular complexity index is 628. The van der Waals surface area contributed by atoms with Gasteiger partial charge in [0.2, 0.25) is 10.0 Å². The molecule has 1 aromatic carbocycles. The lowest BCUT2D eigenvalue weighted by Gasteiger charge is -2.45. The van der Waals surface area contributed by atoms with E-state index in [0.717, 1.165) is 32.2 Å². The molecule has 0 aromatic heterocycles. The molecule has 2 saturated heterocycles. The van der Waals surface area contributed by atoms with E-state index in [1.807, 2.05) is 0 Å². The van der Waals surface area contributed by atoms with Crippen molar-refractivity contribution < 1.29 is 12.8 Å². The number of rotatable bonds is 3. The van der Waals surface area contributed by atoms with E-state index in [1.165, 1.54) is 16.4 Å². The standard InChI is InChI=1S/C13H17BrFN3O2S/c14-12-2-1-11(7-13(12)15)21(19,20)18-8-10(9-18)17-5-3-16-4-6-17/h1-2,7,10,16H,3-6,8-9H2. The molecule has 2 fully saturated rings. The van der Waals surface area contributed by atoms with Crippen LogP contribution in [-0.4, -0.2) is 62.9 Å². The molecule has 2 aliphatic heterocycles. The number of hydrogen-bond acceptors (Lipinski definition) is 4. The van der Waals surface area contributed by atoms with E-state index < -0.39 is 15.8 Å². The lowest BCUT2D eigenvalue weighted by Crippen LogP contribution is -2.63. The van der Waals surface area contributed by atoms with Crippen LogP contribution >= 0.6 is 15.9 Å². The highest BCUT2D eigenvalue weighted by Gasteiger charge is 2.39. The summed E-state index contributed by atoms with van der Waals surface area (Å²) in [6.45, 7) is 4.76. The average Bonchev–Trinajstić information content (AvgIpc) is 2.41. The number of sulfonamides is 1. The van der Waals surface area contributed by atoms with Crippen molar-refractivity contribution in [3.63, 3.8) is 0 Å². The van der Waals surface area contributed by atoms with E-state index in [9.17, 15) is 12.8 Å². The fourth-order valence-corrected chi connectivity index (χ4v) is 4.45. The van der Waals surface area contributed by atoms with Crippen LogP contribution < -0.4 is 5.32 Å². The Morgan fingerprint density at radius 2 is 1.90 bits per heavy atom. The van der Waals surface area contributed by atoms with Gasteiger partial charge in [-0.25, -0.2) is 12.8 Å². The van der Waals surface area contributed by atoms with Crippen molar-refractivity contribution in [2.45, 2.75) is 10.9 Å². The SMILES string of the molecule is O=S(=O)(c1ccc(Br)c(F)c1)N1CC(N2CCNCC2)C1. The summed E-state index contributed by atoms with van der Waals surface area (Å²) in [6, 6.07) is 4.20. The van der Waals surface area contributed by atoms with Gasteiger partial charge in [0.25, 0.3) is 0 Å². The Balaban J connectivity index is 1.68. The Morgan fingerprint density at radius 1 is 1.24 bits per heavy atom. The number of piperazine rings is 1. The van der Waals surface area contributed by atoms with Crippen molar-refractivity contribution in [3.8, 4) is 0 Å². The minimum Gasteiger partial charge on any atom is -0.314 e. The van der Waals surface area contributed by atoms with E-state index >= 15 is 0 Å². The third-order valence-corrected chi connectivity index (χ3v) is 6.50. The smallest absolute Gasteiger partial charge is 0.243 e. The summed E-state index contributed by atoms with van der Waals surface area (Å²) >= 11 is 3.03. The maximum absolute atomic E-state index is 13.5. The molecule has 0 amide bonds. The molecule has 1 aromatic rings. The molecule has 0 aliphatic carbocycles. The Kier molecular flexibility index (Phi) is 4.33. The number of nitrogens with one attached hydrogen (secondary N) is 1. The van der Waals surface area contributed by atoms with Crippen molar-refractivity contribution in [2.24, 2.45) is 0 Å². The zero-order chi connectivity index (χ0) is 15.0. The summed E-state index contributed by atoms with van der Waals surface area (Å²) in [7, 11) is -3.58. The van der Waals surface area contributed by atoms with E-state index in [2.05, 4.69) is 26.1 Å². The van der Waals surface area contributed by atoms with Crippen molar-refractivity contribution in [2.75, 3.05) is 39.3 Å². The quantitative estimate of drug-likeness (QED) is 0.848. The van der Waals surface area contributed by atoms with Gasteiger partial charge in [-0.15, -0.1) is 0 Å². The molecule has 0 spiro atoms. The van der Waals surface area contributed by atoms with Crippen LogP contribution in [0.1, 0.15) is 0 Å². The Labute approximate surface area is 132 Å². The highest BCUT2D eigenvalue weighted by molar-refractivity contribution is 9.10. The molecule has 2 heterocycles. The van der Waals surface area contributed by atoms with Gasteiger partial charge in [-0.05, 0) is 34.1 Å². The van der Waals surface area contributed by atoms with Crippen molar-refractivity contribution >= 4 is 26.0 Å². The zero-order valence-electron chi connectivity index (χ0n) is 11.4. The third-order valence-electron chi connectivity index (χ3n) is 4.03. The molecule has 8 heteroatoms. The molecule has 0 radical (unpaired) electrons. The lowest BCUT2D eigenvalue weighted by molar-refractivity contribution is 0.0773. The van der Waals surface area contributed by atoms with Crippen molar-refractivity contribution in [1.82, 2.24) is 14.5 Å². The Hall–Kier alpha value is -0.540. The minimum atomic E-state index is -3.58. The molecular weight excluding hydrogens is 361 g/mol. The normalized spacial score (nSPS) is 22.2. The molecule has 0 unspecified atom stereocenters. The fourth-order valence-electron chi connectivity index (χ4n) is 2.68. The molecule has 5 nitrogen and oxygen atoms in total. The monoisotopic (exact) mass is 377 g/mol. The third kappa shape index (κ3) is 3.00. The van der Waals surface area contributed by atoms with Crippen LogP contribution in [0.4, 0.5) is 4.39 Å². The molecule has 116 valence electrons. The summed E-state index contributed by atoms with van der Waals surface area (Å²) < 4.78 is 40.0. The summed E-state index contributed by atoms with van der Waals surface area (Å²) in [5, 5.41) is 3.28. The van der Waals surface area contributed by atoms with E-state index in [-0.39, 0.29) is 15.4 Å². The number of benzene rings is 1. The van der Waals surface area contributed by atoms with Crippen LogP contribution in [0, 0.1) is 5.82 Å². The Morgan fingerprint density at radius 3 is 2.52 bits per heavy atom. The molecule has 3 rings (SSSR count). The molecular formula is C13H17BrFN3O2S. The van der Waals surface area contributed by atoms with Crippen LogP contribution in [0.2, 0.25) is 0 Å². The zero-order valence-corrected chi connectivity index (χ0v) is 13.8. The van der Waals surface area contributed by atoms with Gasteiger partial charge in [0.15, 0.2) is 0 Å². The molecule has 0 bridgehead atoms. The largest absolute Gasteiger partial charge is 0.314 e. The second kappa shape index (κ2) is 5.92. The topological polar surface area (TPSA) is 52.7 Å². The minimum absolute atomic E-state index is 0.0157. The van der Waals surface area contributed by atoms with E-state index in [1.54, 1.807) is 0 Å². The summed E-state index contributed by atoms with van der Waals surface area (Å²) in [4.78, 5) is 2.33. The van der Waals surface area contributed by atoms with Crippen LogP contribution in [-0.2, 0) is 10.0 Å². The highest BCUT2D eigenvalue weighted by atomic mass is 79.9. The maximum atomic E-state index is 13.5. The van der Waals surface area contributed by atoms with Gasteiger partial charge in [-0.1, -0.05) is 0 Å². The van der Waals surface area contributed by atoms with Crippen LogP contribution in [0.25, 0.3) is 0 Å². The molecule has 2 aliphatic rings. The van der Waals surface area contributed by atoms with E-state index in [0.29, 0.717) is 13.1 Å². The highest BCUT2D eigenvalue weighted by Crippen LogP contribution is 2.26. The van der Waals surface area contributed by atoms with Crippen LogP contribution in [0.15, 0.2) is 27.6 Å². The van der Waals surface area contributed by atoms with Gasteiger partial charge in [-0.3, -0.25) is 4.90 Å². The lowest BCUT2D eigenvalue weighted by atomic mass is 10.1. The summed E-state index contributed by atoms with van der Waals surface area (Å²) in [5.41, 5.74) is 0. The second-order valence-corrected chi connectivity index (χ2v) is 8.13. The number of hydrogen-bond donors (Lipinski definition) is 1. The van der Waals surface area contributed by atoms with Gasteiger partial charge in [0, 0.05) is 45.3 Å². The molecule has 0 atom stereocenters. The summed E-state index contributed by atoms with van der Waals surface area (Å²) in [5.74, 6) is -0.560. The van der Waals surface area contributed by atoms with E-state index in [4.69, 9.17) is 0 Å². The van der Waals surface area contributed by atoms with Crippen LogP contribution in [0.5, 0.6) is 0 Å². The first kappa shape index (κ1) is 15.4. The van der Waals surface area contributed by atoms with Crippen molar-refractivity contribution in [3.05, 3.63) is 28.5 Å². The second-order valence-electron chi connectivity index (χ2n) is 5.34. The number of nitrogens with zero attached hydrogens (tertiary/aromatic N) is 2. The average molecular weight is 378 g/mol. The fraction of sp³-hybridized carbons (Fsp3) is 0.538. The van der Waals surface area contributed by atoms with Gasteiger partial charge in [0.05, 0.1) is 9.37 Å². The molecule has 0 saturated carbocycles. The van der Waals surface area contributed by atoms with Crippen LogP contribution in [0.3, 0.4) is 0 Å². The van der Waals surface area contributed by atoms with Gasteiger partial charge < -0.3 is 5.32 Å². The predicted octanol–water partition coefficient (Wildman–Crippen LogP) is 0.866. The first-order valence-corrected chi connectivity index (χ1v) is 9.12. The molecule has 1 N–H and O–H groups in total. The van der Waals surface area contributed by atoms with Gasteiger partial charge in [-0.2, -0.15) is 4.31 Å².